The quantitative estimate of drug-likeness (QED) is 0.568. The summed E-state index contributed by atoms with van der Waals surface area (Å²) in [4.78, 5) is 21.3. The Labute approximate surface area is 84.3 Å². The zero-order chi connectivity index (χ0) is 11.4. The average Bonchev–Trinajstić information content (AvgIpc) is 2.18. The minimum absolute atomic E-state index is 0.0341. The van der Waals surface area contributed by atoms with E-state index in [1.807, 2.05) is 0 Å². The molecular weight excluding hydrogens is 205 g/mol. The van der Waals surface area contributed by atoms with Gasteiger partial charge in [0.1, 0.15) is 5.82 Å². The number of carbonyl (C=O) groups excluding carboxylic acids is 1. The Balaban J connectivity index is 2.81. The molecule has 0 saturated heterocycles. The van der Waals surface area contributed by atoms with Crippen molar-refractivity contribution in [2.45, 2.75) is 0 Å². The lowest BCUT2D eigenvalue weighted by Crippen LogP contribution is -2.14. The predicted octanol–water partition coefficient (Wildman–Crippen LogP) is 0.649. The number of carboxylic acid groups (broad SMARTS) is 1. The van der Waals surface area contributed by atoms with Crippen molar-refractivity contribution in [1.29, 1.82) is 0 Å². The van der Waals surface area contributed by atoms with E-state index in [9.17, 15) is 14.0 Å². The highest BCUT2D eigenvalue weighted by Gasteiger charge is 2.13. The van der Waals surface area contributed by atoms with Crippen molar-refractivity contribution >= 4 is 17.6 Å². The lowest BCUT2D eigenvalue weighted by atomic mass is 10.2. The molecule has 1 rings (SSSR count). The van der Waals surface area contributed by atoms with Gasteiger partial charge in [-0.15, -0.1) is 0 Å². The SMILES string of the molecule is Nc1ccc(F)cc1C(=O)OCC(=O)O. The van der Waals surface area contributed by atoms with Crippen molar-refractivity contribution in [3.63, 3.8) is 0 Å². The lowest BCUT2D eigenvalue weighted by molar-refractivity contribution is -0.140. The number of rotatable bonds is 3. The van der Waals surface area contributed by atoms with E-state index < -0.39 is 24.4 Å². The third-order valence-corrected chi connectivity index (χ3v) is 1.56. The number of benzene rings is 1. The standard InChI is InChI=1S/C9H8FNO4/c10-5-1-2-7(11)6(3-5)9(14)15-4-8(12)13/h1-3H,4,11H2,(H,12,13). The summed E-state index contributed by atoms with van der Waals surface area (Å²) >= 11 is 0. The molecule has 5 nitrogen and oxygen atoms in total. The molecule has 0 aliphatic heterocycles. The second-order valence-corrected chi connectivity index (χ2v) is 2.70. The Morgan fingerprint density at radius 2 is 2.13 bits per heavy atom. The van der Waals surface area contributed by atoms with Crippen LogP contribution in [0.2, 0.25) is 0 Å². The van der Waals surface area contributed by atoms with E-state index in [1.54, 1.807) is 0 Å². The highest BCUT2D eigenvalue weighted by atomic mass is 19.1. The summed E-state index contributed by atoms with van der Waals surface area (Å²) in [5, 5.41) is 8.25. The van der Waals surface area contributed by atoms with Crippen molar-refractivity contribution < 1.29 is 23.8 Å². The molecule has 0 spiro atoms. The molecule has 80 valence electrons. The number of ether oxygens (including phenoxy) is 1. The maximum absolute atomic E-state index is 12.7. The topological polar surface area (TPSA) is 89.6 Å². The van der Waals surface area contributed by atoms with Crippen molar-refractivity contribution in [2.75, 3.05) is 12.3 Å². The van der Waals surface area contributed by atoms with Crippen LogP contribution in [-0.4, -0.2) is 23.7 Å². The first-order valence-corrected chi connectivity index (χ1v) is 3.94. The number of nitrogen functional groups attached to an aromatic ring is 1. The van der Waals surface area contributed by atoms with Crippen LogP contribution in [0.1, 0.15) is 10.4 Å². The molecule has 3 N–H and O–H groups in total. The fraction of sp³-hybridized carbons (Fsp3) is 0.111. The summed E-state index contributed by atoms with van der Waals surface area (Å²) in [6.07, 6.45) is 0. The van der Waals surface area contributed by atoms with Gasteiger partial charge in [-0.1, -0.05) is 0 Å². The number of esters is 1. The van der Waals surface area contributed by atoms with E-state index in [1.165, 1.54) is 6.07 Å². The largest absolute Gasteiger partial charge is 0.479 e. The zero-order valence-corrected chi connectivity index (χ0v) is 7.57. The molecule has 1 aromatic carbocycles. The van der Waals surface area contributed by atoms with Crippen molar-refractivity contribution in [1.82, 2.24) is 0 Å². The number of hydrogen-bond acceptors (Lipinski definition) is 4. The molecule has 0 amide bonds. The second kappa shape index (κ2) is 4.41. The third-order valence-electron chi connectivity index (χ3n) is 1.56. The Hall–Kier alpha value is -2.11. The molecule has 0 heterocycles. The van der Waals surface area contributed by atoms with Gasteiger partial charge in [0.25, 0.3) is 0 Å². The number of anilines is 1. The van der Waals surface area contributed by atoms with Crippen molar-refractivity contribution in [3.8, 4) is 0 Å². The Bertz CT molecular complexity index is 405. The van der Waals surface area contributed by atoms with E-state index in [-0.39, 0.29) is 11.3 Å². The van der Waals surface area contributed by atoms with Crippen LogP contribution in [0.15, 0.2) is 18.2 Å². The maximum Gasteiger partial charge on any atom is 0.341 e. The summed E-state index contributed by atoms with van der Waals surface area (Å²) in [5.74, 6) is -2.90. The molecule has 15 heavy (non-hydrogen) atoms. The van der Waals surface area contributed by atoms with Crippen LogP contribution in [0, 0.1) is 5.82 Å². The molecule has 0 fully saturated rings. The second-order valence-electron chi connectivity index (χ2n) is 2.70. The van der Waals surface area contributed by atoms with Crippen molar-refractivity contribution in [3.05, 3.63) is 29.6 Å². The Morgan fingerprint density at radius 3 is 2.73 bits per heavy atom. The maximum atomic E-state index is 12.7. The number of nitrogens with two attached hydrogens (primary N) is 1. The molecule has 0 radical (unpaired) electrons. The molecule has 0 saturated carbocycles. The van der Waals surface area contributed by atoms with Gasteiger partial charge in [0.2, 0.25) is 0 Å². The van der Waals surface area contributed by atoms with E-state index in [0.29, 0.717) is 0 Å². The first-order chi connectivity index (χ1) is 7.00. The van der Waals surface area contributed by atoms with Gasteiger partial charge >= 0.3 is 11.9 Å². The molecule has 0 aliphatic rings. The van der Waals surface area contributed by atoms with E-state index in [2.05, 4.69) is 4.74 Å². The lowest BCUT2D eigenvalue weighted by Gasteiger charge is -2.04. The van der Waals surface area contributed by atoms with Gasteiger partial charge in [0, 0.05) is 5.69 Å². The highest BCUT2D eigenvalue weighted by molar-refractivity contribution is 5.95. The van der Waals surface area contributed by atoms with Crippen LogP contribution in [-0.2, 0) is 9.53 Å². The molecule has 0 bridgehead atoms. The smallest absolute Gasteiger partial charge is 0.341 e. The average molecular weight is 213 g/mol. The van der Waals surface area contributed by atoms with Gasteiger partial charge in [-0.05, 0) is 18.2 Å². The van der Waals surface area contributed by atoms with Gasteiger partial charge in [-0.2, -0.15) is 0 Å². The molecule has 6 heteroatoms. The van der Waals surface area contributed by atoms with Crippen LogP contribution < -0.4 is 5.73 Å². The first-order valence-electron chi connectivity index (χ1n) is 3.94. The van der Waals surface area contributed by atoms with Gasteiger partial charge in [0.05, 0.1) is 5.56 Å². The number of aliphatic carboxylic acids is 1. The number of halogens is 1. The molecule has 0 unspecified atom stereocenters. The van der Waals surface area contributed by atoms with E-state index in [4.69, 9.17) is 10.8 Å². The number of hydrogen-bond donors (Lipinski definition) is 2. The van der Waals surface area contributed by atoms with Gasteiger partial charge in [-0.3, -0.25) is 0 Å². The normalized spacial score (nSPS) is 9.67. The third kappa shape index (κ3) is 2.94. The highest BCUT2D eigenvalue weighted by Crippen LogP contribution is 2.14. The fourth-order valence-electron chi connectivity index (χ4n) is 0.910. The molecule has 1 aromatic rings. The summed E-state index contributed by atoms with van der Waals surface area (Å²) in [6, 6.07) is 3.18. The number of carboxylic acids is 1. The Morgan fingerprint density at radius 1 is 1.47 bits per heavy atom. The van der Waals surface area contributed by atoms with Crippen molar-refractivity contribution in [2.24, 2.45) is 0 Å². The molecular formula is C9H8FNO4. The van der Waals surface area contributed by atoms with Crippen LogP contribution in [0.3, 0.4) is 0 Å². The minimum atomic E-state index is -1.29. The summed E-state index contributed by atoms with van der Waals surface area (Å²) in [7, 11) is 0. The van der Waals surface area contributed by atoms with E-state index in [0.717, 1.165) is 12.1 Å². The molecule has 0 atom stereocenters. The number of carbonyl (C=O) groups is 2. The first kappa shape index (κ1) is 11.0. The zero-order valence-electron chi connectivity index (χ0n) is 7.57. The molecule has 0 aromatic heterocycles. The summed E-state index contributed by atoms with van der Waals surface area (Å²) < 4.78 is 17.1. The Kier molecular flexibility index (Phi) is 3.22. The monoisotopic (exact) mass is 213 g/mol. The van der Waals surface area contributed by atoms with Gasteiger partial charge in [-0.25, -0.2) is 14.0 Å². The van der Waals surface area contributed by atoms with Gasteiger partial charge in [0.15, 0.2) is 6.61 Å². The van der Waals surface area contributed by atoms with Gasteiger partial charge < -0.3 is 15.6 Å². The van der Waals surface area contributed by atoms with Crippen LogP contribution in [0.5, 0.6) is 0 Å². The van der Waals surface area contributed by atoms with Crippen LogP contribution >= 0.6 is 0 Å². The summed E-state index contributed by atoms with van der Waals surface area (Å²) in [5.41, 5.74) is 5.23. The van der Waals surface area contributed by atoms with E-state index >= 15 is 0 Å². The minimum Gasteiger partial charge on any atom is -0.479 e. The van der Waals surface area contributed by atoms with Crippen LogP contribution in [0.4, 0.5) is 10.1 Å². The van der Waals surface area contributed by atoms with Crippen LogP contribution in [0.25, 0.3) is 0 Å². The fourth-order valence-corrected chi connectivity index (χ4v) is 0.910. The molecule has 0 aliphatic carbocycles. The summed E-state index contributed by atoms with van der Waals surface area (Å²) in [6.45, 7) is -0.783. The predicted molar refractivity (Wildman–Crippen MR) is 48.7 cm³/mol.